The van der Waals surface area contributed by atoms with E-state index in [2.05, 4.69) is 10.3 Å². The van der Waals surface area contributed by atoms with Crippen LogP contribution in [0.4, 0.5) is 5.13 Å². The molecule has 8 heteroatoms. The number of hydrogen-bond acceptors (Lipinski definition) is 5. The molecule has 0 aliphatic heterocycles. The quantitative estimate of drug-likeness (QED) is 0.268. The van der Waals surface area contributed by atoms with Crippen LogP contribution in [0.2, 0.25) is 0 Å². The Morgan fingerprint density at radius 2 is 1.68 bits per heavy atom. The number of halogens is 1. The summed E-state index contributed by atoms with van der Waals surface area (Å²) in [6, 6.07) is 22.4. The van der Waals surface area contributed by atoms with Crippen LogP contribution in [0.3, 0.4) is 0 Å². The molecule has 168 valence electrons. The summed E-state index contributed by atoms with van der Waals surface area (Å²) in [4.78, 5) is 34.4. The topological polar surface area (TPSA) is 75.8 Å². The summed E-state index contributed by atoms with van der Waals surface area (Å²) < 4.78 is 1.83. The van der Waals surface area contributed by atoms with Crippen molar-refractivity contribution in [3.63, 3.8) is 0 Å². The van der Waals surface area contributed by atoms with Gasteiger partial charge < -0.3 is 17.0 Å². The lowest BCUT2D eigenvalue weighted by atomic mass is 10.0. The molecule has 6 nitrogen and oxygen atoms in total. The standard InChI is InChI=1S/C26H18N4O2S.BrH/c31-24(19-6-2-1-3-7-19)17-30-13-10-18(11-14-30)23-16-21(20-8-4-5-9-22(20)28-23)25(32)29-26-27-12-15-33-26;/h1-16H,17H2;1H. The van der Waals surface area contributed by atoms with Gasteiger partial charge in [0.25, 0.3) is 5.91 Å². The number of aromatic nitrogens is 3. The molecule has 1 amide bonds. The maximum Gasteiger partial charge on any atom is 0.258 e. The molecule has 0 radical (unpaired) electrons. The molecule has 3 heterocycles. The summed E-state index contributed by atoms with van der Waals surface area (Å²) in [5, 5.41) is 5.99. The molecule has 0 aliphatic rings. The Bertz CT molecular complexity index is 1440. The van der Waals surface area contributed by atoms with Crippen molar-refractivity contribution in [2.75, 3.05) is 5.32 Å². The normalized spacial score (nSPS) is 10.5. The van der Waals surface area contributed by atoms with Crippen LogP contribution in [0.15, 0.2) is 96.8 Å². The average molecular weight is 531 g/mol. The lowest BCUT2D eigenvalue weighted by Crippen LogP contribution is -3.00. The van der Waals surface area contributed by atoms with E-state index in [9.17, 15) is 9.59 Å². The van der Waals surface area contributed by atoms with Crippen molar-refractivity contribution < 1.29 is 31.1 Å². The van der Waals surface area contributed by atoms with E-state index in [1.54, 1.807) is 12.3 Å². The minimum atomic E-state index is -0.232. The van der Waals surface area contributed by atoms with Gasteiger partial charge in [-0.05, 0) is 12.1 Å². The summed E-state index contributed by atoms with van der Waals surface area (Å²) >= 11 is 1.37. The van der Waals surface area contributed by atoms with Crippen LogP contribution in [0.1, 0.15) is 20.7 Å². The number of nitrogens with zero attached hydrogens (tertiary/aromatic N) is 3. The number of thiazole rings is 1. The van der Waals surface area contributed by atoms with Crippen molar-refractivity contribution >= 4 is 39.1 Å². The number of nitrogens with one attached hydrogen (secondary N) is 1. The highest BCUT2D eigenvalue weighted by molar-refractivity contribution is 7.13. The van der Waals surface area contributed by atoms with E-state index in [0.29, 0.717) is 22.0 Å². The molecule has 1 N–H and O–H groups in total. The molecular weight excluding hydrogens is 512 g/mol. The number of hydrogen-bond donors (Lipinski definition) is 1. The van der Waals surface area contributed by atoms with Crippen LogP contribution < -0.4 is 26.9 Å². The van der Waals surface area contributed by atoms with Gasteiger partial charge in [-0.2, -0.15) is 4.57 Å². The van der Waals surface area contributed by atoms with Crippen LogP contribution >= 0.6 is 11.3 Å². The van der Waals surface area contributed by atoms with Gasteiger partial charge in [-0.3, -0.25) is 14.9 Å². The summed E-state index contributed by atoms with van der Waals surface area (Å²) in [5.74, 6) is -0.192. The first kappa shape index (κ1) is 23.4. The number of pyridine rings is 2. The number of benzene rings is 2. The summed E-state index contributed by atoms with van der Waals surface area (Å²) in [5.41, 5.74) is 3.48. The third kappa shape index (κ3) is 5.08. The third-order valence-electron chi connectivity index (χ3n) is 5.22. The van der Waals surface area contributed by atoms with Gasteiger partial charge in [0, 0.05) is 40.2 Å². The van der Waals surface area contributed by atoms with E-state index in [1.165, 1.54) is 11.3 Å². The lowest BCUT2D eigenvalue weighted by molar-refractivity contribution is -0.683. The maximum absolute atomic E-state index is 13.0. The molecule has 0 saturated carbocycles. The summed E-state index contributed by atoms with van der Waals surface area (Å²) in [6.07, 6.45) is 5.35. The molecule has 0 aliphatic carbocycles. The van der Waals surface area contributed by atoms with E-state index >= 15 is 0 Å². The first-order valence-corrected chi connectivity index (χ1v) is 11.2. The first-order chi connectivity index (χ1) is 16.2. The molecule has 0 atom stereocenters. The molecular formula is C26H19BrN4O2S. The van der Waals surface area contributed by atoms with E-state index in [0.717, 1.165) is 16.5 Å². The van der Waals surface area contributed by atoms with Crippen LogP contribution in [-0.4, -0.2) is 21.7 Å². The SMILES string of the molecule is O=C(C[n+]1ccc(-c2cc(C(=O)Nc3nccs3)c3ccccc3n2)cc1)c1ccccc1.[Br-]. The van der Waals surface area contributed by atoms with Crippen molar-refractivity contribution in [2.24, 2.45) is 0 Å². The number of carbonyl (C=O) groups is 2. The van der Waals surface area contributed by atoms with Gasteiger partial charge in [-0.1, -0.05) is 48.5 Å². The van der Waals surface area contributed by atoms with E-state index in [-0.39, 0.29) is 35.2 Å². The van der Waals surface area contributed by atoms with E-state index in [1.807, 2.05) is 89.1 Å². The zero-order chi connectivity index (χ0) is 22.6. The Hall–Kier alpha value is -3.75. The molecule has 5 rings (SSSR count). The van der Waals surface area contributed by atoms with E-state index < -0.39 is 0 Å². The first-order valence-electron chi connectivity index (χ1n) is 10.4. The molecule has 0 fully saturated rings. The second-order valence-electron chi connectivity index (χ2n) is 7.41. The molecule has 0 spiro atoms. The smallest absolute Gasteiger partial charge is 0.258 e. The molecule has 34 heavy (non-hydrogen) atoms. The third-order valence-corrected chi connectivity index (χ3v) is 5.91. The van der Waals surface area contributed by atoms with Crippen LogP contribution in [0, 0.1) is 0 Å². The fourth-order valence-electron chi connectivity index (χ4n) is 3.58. The highest BCUT2D eigenvalue weighted by Gasteiger charge is 2.16. The van der Waals surface area contributed by atoms with Gasteiger partial charge in [0.2, 0.25) is 12.3 Å². The zero-order valence-electron chi connectivity index (χ0n) is 17.9. The average Bonchev–Trinajstić information content (AvgIpc) is 3.37. The van der Waals surface area contributed by atoms with Crippen LogP contribution in [-0.2, 0) is 6.54 Å². The molecule has 0 bridgehead atoms. The molecule has 0 saturated heterocycles. The molecule has 2 aromatic carbocycles. The maximum atomic E-state index is 13.0. The molecule has 0 unspecified atom stereocenters. The molecule has 3 aromatic heterocycles. The fourth-order valence-corrected chi connectivity index (χ4v) is 4.10. The summed E-state index contributed by atoms with van der Waals surface area (Å²) in [6.45, 7) is 0.247. The number of amides is 1. The Labute approximate surface area is 210 Å². The lowest BCUT2D eigenvalue weighted by Gasteiger charge is -2.09. The number of Topliss-reactive ketones (excluding diaryl/α,β-unsaturated/α-hetero) is 1. The number of carbonyl (C=O) groups excluding carboxylic acids is 2. The Balaban J connectivity index is 0.00000274. The number of fused-ring (bicyclic) bond motifs is 1. The van der Waals surface area contributed by atoms with Crippen LogP contribution in [0.5, 0.6) is 0 Å². The van der Waals surface area contributed by atoms with Gasteiger partial charge in [-0.25, -0.2) is 9.97 Å². The van der Waals surface area contributed by atoms with Gasteiger partial charge in [0.05, 0.1) is 16.8 Å². The van der Waals surface area contributed by atoms with Crippen molar-refractivity contribution in [3.8, 4) is 11.3 Å². The highest BCUT2D eigenvalue weighted by Crippen LogP contribution is 2.25. The van der Waals surface area contributed by atoms with Gasteiger partial charge >= 0.3 is 0 Å². The predicted octanol–water partition coefficient (Wildman–Crippen LogP) is 1.78. The highest BCUT2D eigenvalue weighted by atomic mass is 79.9. The summed E-state index contributed by atoms with van der Waals surface area (Å²) in [7, 11) is 0. The number of anilines is 1. The van der Waals surface area contributed by atoms with Crippen LogP contribution in [0.25, 0.3) is 22.2 Å². The van der Waals surface area contributed by atoms with E-state index in [4.69, 9.17) is 4.98 Å². The van der Waals surface area contributed by atoms with Gasteiger partial charge in [0.15, 0.2) is 17.5 Å². The minimum absolute atomic E-state index is 0. The van der Waals surface area contributed by atoms with Crippen molar-refractivity contribution in [2.45, 2.75) is 6.54 Å². The fraction of sp³-hybridized carbons (Fsp3) is 0.0385. The monoisotopic (exact) mass is 530 g/mol. The second kappa shape index (κ2) is 10.5. The number of rotatable bonds is 6. The second-order valence-corrected chi connectivity index (χ2v) is 8.31. The number of para-hydroxylation sites is 1. The minimum Gasteiger partial charge on any atom is -1.00 e. The van der Waals surface area contributed by atoms with Crippen molar-refractivity contribution in [3.05, 3.63) is 108 Å². The van der Waals surface area contributed by atoms with Crippen molar-refractivity contribution in [1.29, 1.82) is 0 Å². The predicted molar refractivity (Wildman–Crippen MR) is 128 cm³/mol. The molecule has 5 aromatic rings. The zero-order valence-corrected chi connectivity index (χ0v) is 20.3. The Morgan fingerprint density at radius 1 is 0.941 bits per heavy atom. The van der Waals surface area contributed by atoms with Crippen molar-refractivity contribution in [1.82, 2.24) is 9.97 Å². The Morgan fingerprint density at radius 3 is 2.41 bits per heavy atom. The van der Waals surface area contributed by atoms with Gasteiger partial charge in [-0.15, -0.1) is 11.3 Å². The number of ketones is 1. The Kier molecular flexibility index (Phi) is 7.20. The largest absolute Gasteiger partial charge is 1.00 e. The van der Waals surface area contributed by atoms with Gasteiger partial charge in [0.1, 0.15) is 0 Å².